The molecule has 0 radical (unpaired) electrons. The highest BCUT2D eigenvalue weighted by molar-refractivity contribution is 8.03. The van der Waals surface area contributed by atoms with Gasteiger partial charge in [0.15, 0.2) is 21.8 Å². The summed E-state index contributed by atoms with van der Waals surface area (Å²) in [5.74, 6) is -1.01. The van der Waals surface area contributed by atoms with Crippen LogP contribution in [0.25, 0.3) is 0 Å². The van der Waals surface area contributed by atoms with Crippen LogP contribution in [0.4, 0.5) is 5.13 Å². The summed E-state index contributed by atoms with van der Waals surface area (Å²) in [4.78, 5) is 51.5. The van der Waals surface area contributed by atoms with Crippen molar-refractivity contribution in [3.05, 3.63) is 202 Å². The zero-order valence-electron chi connectivity index (χ0n) is 32.1. The molecule has 5 aromatic carbocycles. The van der Waals surface area contributed by atoms with E-state index in [2.05, 4.69) is 52.2 Å². The predicted molar refractivity (Wildman–Crippen MR) is 240 cm³/mol. The van der Waals surface area contributed by atoms with E-state index in [0.717, 1.165) is 39.6 Å². The Morgan fingerprint density at radius 2 is 1.35 bits per heavy atom. The molecule has 6 aromatic rings. The van der Waals surface area contributed by atoms with Gasteiger partial charge in [-0.3, -0.25) is 14.5 Å². The number of halogens is 1. The highest BCUT2D eigenvalue weighted by atomic mass is 35.5. The van der Waals surface area contributed by atoms with Crippen LogP contribution in [-0.4, -0.2) is 62.4 Å². The second-order valence-corrected chi connectivity index (χ2v) is 17.4. The number of thiazole rings is 1. The van der Waals surface area contributed by atoms with Crippen LogP contribution in [0.1, 0.15) is 39.6 Å². The second-order valence-electron chi connectivity index (χ2n) is 13.7. The van der Waals surface area contributed by atoms with Crippen molar-refractivity contribution >= 4 is 75.1 Å². The monoisotopic (exact) mass is 871 g/mol. The maximum absolute atomic E-state index is 13.8. The van der Waals surface area contributed by atoms with Gasteiger partial charge in [0, 0.05) is 16.5 Å². The number of benzene rings is 5. The van der Waals surface area contributed by atoms with E-state index >= 15 is 0 Å². The Morgan fingerprint density at radius 3 is 1.87 bits per heavy atom. The number of anilines is 1. The van der Waals surface area contributed by atoms with Gasteiger partial charge in [-0.15, -0.1) is 34.9 Å². The summed E-state index contributed by atoms with van der Waals surface area (Å²) in [5.41, 5.74) is 4.11. The number of hydrogen-bond donors (Lipinski definition) is 2. The summed E-state index contributed by atoms with van der Waals surface area (Å²) in [5, 5.41) is 13.8. The van der Waals surface area contributed by atoms with E-state index in [1.54, 1.807) is 10.8 Å². The molecule has 2 aliphatic rings. The highest BCUT2D eigenvalue weighted by Crippen LogP contribution is 2.43. The van der Waals surface area contributed by atoms with Crippen molar-refractivity contribution in [1.82, 2.24) is 15.2 Å². The van der Waals surface area contributed by atoms with E-state index in [-0.39, 0.29) is 29.1 Å². The number of β-lactam (4-membered cyclic amide) rings is 1. The van der Waals surface area contributed by atoms with Gasteiger partial charge in [0.1, 0.15) is 29.3 Å². The molecule has 1 fully saturated rings. The van der Waals surface area contributed by atoms with E-state index in [4.69, 9.17) is 26.2 Å². The molecular formula is C46H38ClN5O5S3. The van der Waals surface area contributed by atoms with Gasteiger partial charge in [0.05, 0.1) is 6.04 Å². The Hall–Kier alpha value is -5.86. The lowest BCUT2D eigenvalue weighted by molar-refractivity contribution is -0.152. The van der Waals surface area contributed by atoms with Gasteiger partial charge < -0.3 is 20.2 Å². The highest BCUT2D eigenvalue weighted by Gasteiger charge is 2.53. The number of oxime groups is 1. The van der Waals surface area contributed by atoms with Gasteiger partial charge in [-0.25, -0.2) is 9.78 Å². The number of carbonyl (C=O) groups excluding carboxylic acids is 3. The fourth-order valence-corrected chi connectivity index (χ4v) is 10.7. The number of nitrogens with one attached hydrogen (secondary N) is 2. The van der Waals surface area contributed by atoms with Gasteiger partial charge >= 0.3 is 5.97 Å². The molecule has 10 nitrogen and oxygen atoms in total. The van der Waals surface area contributed by atoms with Crippen LogP contribution in [0.15, 0.2) is 173 Å². The minimum atomic E-state index is -1.03. The molecule has 14 heteroatoms. The number of aromatic nitrogens is 1. The smallest absolute Gasteiger partial charge is 0.356 e. The topological polar surface area (TPSA) is 122 Å². The second kappa shape index (κ2) is 18.6. The van der Waals surface area contributed by atoms with Crippen molar-refractivity contribution in [2.45, 2.75) is 27.8 Å². The number of carbonyl (C=O) groups is 3. The molecule has 2 amide bonds. The Bertz CT molecular complexity index is 2360. The number of amides is 2. The number of alkyl halides is 1. The number of nitrogens with zero attached hydrogens (tertiary/aromatic N) is 3. The van der Waals surface area contributed by atoms with E-state index in [9.17, 15) is 14.4 Å². The zero-order valence-corrected chi connectivity index (χ0v) is 35.3. The Labute approximate surface area is 365 Å². The Kier molecular flexibility index (Phi) is 12.7. The summed E-state index contributed by atoms with van der Waals surface area (Å²) in [6, 6.07) is 48.9. The lowest BCUT2D eigenvalue weighted by Crippen LogP contribution is -2.66. The number of rotatable bonds is 15. The lowest BCUT2D eigenvalue weighted by atomic mass is 9.77. The third-order valence-electron chi connectivity index (χ3n) is 10.1. The van der Waals surface area contributed by atoms with Crippen molar-refractivity contribution < 1.29 is 24.0 Å². The quantitative estimate of drug-likeness (QED) is 0.0153. The van der Waals surface area contributed by atoms with Crippen LogP contribution in [0.5, 0.6) is 0 Å². The van der Waals surface area contributed by atoms with E-state index < -0.39 is 33.6 Å². The van der Waals surface area contributed by atoms with Crippen molar-refractivity contribution in [2.24, 2.45) is 5.16 Å². The summed E-state index contributed by atoms with van der Waals surface area (Å²) in [7, 11) is 1.34. The lowest BCUT2D eigenvalue weighted by Gasteiger charge is -2.49. The predicted octanol–water partition coefficient (Wildman–Crippen LogP) is 8.77. The van der Waals surface area contributed by atoms with Crippen molar-refractivity contribution in [1.29, 1.82) is 0 Å². The van der Waals surface area contributed by atoms with Crippen LogP contribution in [0.3, 0.4) is 0 Å². The summed E-state index contributed by atoms with van der Waals surface area (Å²) in [6.45, 7) is 0. The fourth-order valence-electron chi connectivity index (χ4n) is 7.32. The number of hydrogen-bond acceptors (Lipinski definition) is 11. The molecule has 2 aliphatic heterocycles. The molecule has 1 saturated heterocycles. The van der Waals surface area contributed by atoms with Crippen molar-refractivity contribution in [3.63, 3.8) is 0 Å². The van der Waals surface area contributed by atoms with Gasteiger partial charge in [-0.1, -0.05) is 168 Å². The summed E-state index contributed by atoms with van der Waals surface area (Å²) in [6.07, 6.45) is -0.665. The first kappa shape index (κ1) is 40.9. The van der Waals surface area contributed by atoms with Gasteiger partial charge in [0.25, 0.3) is 5.91 Å². The molecule has 8 rings (SSSR count). The van der Waals surface area contributed by atoms with Gasteiger partial charge in [-0.2, -0.15) is 0 Å². The first-order valence-corrected chi connectivity index (χ1v) is 22.3. The Balaban J connectivity index is 0.955. The molecular weight excluding hydrogens is 834 g/mol. The summed E-state index contributed by atoms with van der Waals surface area (Å²) < 4.78 is 6.08. The van der Waals surface area contributed by atoms with Crippen LogP contribution in [0.2, 0.25) is 0 Å². The number of ether oxygens (including phenoxy) is 1. The molecule has 302 valence electrons. The largest absolute Gasteiger partial charge is 0.448 e. The molecule has 3 heterocycles. The average Bonchev–Trinajstić information content (AvgIpc) is 3.77. The number of thioether (sulfide) groups is 2. The van der Waals surface area contributed by atoms with Gasteiger partial charge in [0.2, 0.25) is 5.91 Å². The third kappa shape index (κ3) is 8.44. The van der Waals surface area contributed by atoms with Gasteiger partial charge in [-0.05, 0) is 27.8 Å². The van der Waals surface area contributed by atoms with E-state index in [1.807, 2.05) is 115 Å². The minimum absolute atomic E-state index is 0.0908. The number of esters is 1. The molecule has 0 aliphatic carbocycles. The van der Waals surface area contributed by atoms with Crippen LogP contribution >= 0.6 is 46.5 Å². The van der Waals surface area contributed by atoms with Crippen LogP contribution < -0.4 is 10.6 Å². The summed E-state index contributed by atoms with van der Waals surface area (Å²) >= 11 is 10.6. The molecule has 1 aromatic heterocycles. The zero-order chi connectivity index (χ0) is 41.5. The molecule has 3 atom stereocenters. The molecule has 2 N–H and O–H groups in total. The maximum atomic E-state index is 13.8. The Morgan fingerprint density at radius 1 is 0.833 bits per heavy atom. The number of fused-ring (bicyclic) bond motifs is 1. The van der Waals surface area contributed by atoms with Crippen LogP contribution in [0, 0.1) is 0 Å². The maximum Gasteiger partial charge on any atom is 0.356 e. The van der Waals surface area contributed by atoms with E-state index in [1.165, 1.54) is 35.1 Å². The fraction of sp³-hybridized carbons (Fsp3) is 0.152. The standard InChI is InChI=1S/C46H38ClN5O5S3/c1-56-51-38(35-27-59-45(48-35)50-46(32-21-11-4-12-22-32,33-23-13-5-14-24-33)34-25-15-6-16-26-34)41(53)49-44(47)60-40-36-28-58-29-37(52(36)42(40)54)43(55)57-39(30-17-7-2-8-18-30)31-19-9-3-10-20-31/h2-27,29,36,39-40,44H,28H2,1H3,(H,48,50)(H,49,53)/b51-38-. The normalized spacial score (nSPS) is 16.9. The first-order valence-electron chi connectivity index (χ1n) is 19.0. The van der Waals surface area contributed by atoms with Crippen molar-refractivity contribution in [2.75, 3.05) is 18.2 Å². The molecule has 0 bridgehead atoms. The third-order valence-corrected chi connectivity index (χ3v) is 13.4. The molecule has 0 spiro atoms. The molecule has 0 saturated carbocycles. The molecule has 3 unspecified atom stereocenters. The minimum Gasteiger partial charge on any atom is -0.448 e. The first-order chi connectivity index (χ1) is 29.4. The average molecular weight is 872 g/mol. The van der Waals surface area contributed by atoms with Crippen molar-refractivity contribution in [3.8, 4) is 0 Å². The molecule has 60 heavy (non-hydrogen) atoms. The SMILES string of the molecule is CO/N=C(\C(=O)NC(Cl)SC1C(=O)N2C(C(=O)OC(c3ccccc3)c3ccccc3)=CSCC12)c1csc(NC(c2ccccc2)(c2ccccc2)c2ccccc2)n1. The van der Waals surface area contributed by atoms with Crippen LogP contribution in [-0.2, 0) is 29.5 Å². The van der Waals surface area contributed by atoms with E-state index in [0.29, 0.717) is 10.9 Å².